The number of cyclic esters (lactones) is 1. The fourth-order valence-corrected chi connectivity index (χ4v) is 2.61. The molecule has 1 aliphatic heterocycles. The molecule has 1 aliphatic rings. The molecule has 7 heteroatoms. The van der Waals surface area contributed by atoms with Gasteiger partial charge in [0.05, 0.1) is 25.7 Å². The van der Waals surface area contributed by atoms with E-state index in [0.717, 1.165) is 0 Å². The molecule has 2 unspecified atom stereocenters. The van der Waals surface area contributed by atoms with Crippen LogP contribution in [0, 0.1) is 17.7 Å². The zero-order valence-corrected chi connectivity index (χ0v) is 15.9. The van der Waals surface area contributed by atoms with Gasteiger partial charge in [-0.25, -0.2) is 4.39 Å². The van der Waals surface area contributed by atoms with Crippen molar-refractivity contribution in [3.05, 3.63) is 41.4 Å². The molecule has 1 heterocycles. The van der Waals surface area contributed by atoms with Crippen LogP contribution in [0.3, 0.4) is 0 Å². The van der Waals surface area contributed by atoms with E-state index in [0.29, 0.717) is 25.2 Å². The van der Waals surface area contributed by atoms with Gasteiger partial charge in [0.2, 0.25) is 0 Å². The summed E-state index contributed by atoms with van der Waals surface area (Å²) < 4.78 is 34.7. The minimum atomic E-state index is -1.03. The van der Waals surface area contributed by atoms with Crippen LogP contribution in [0.25, 0.3) is 0 Å². The average Bonchev–Trinajstić information content (AvgIpc) is 3.03. The summed E-state index contributed by atoms with van der Waals surface area (Å²) in [4.78, 5) is 11.7. The summed E-state index contributed by atoms with van der Waals surface area (Å²) in [6.07, 6.45) is 1.28. The summed E-state index contributed by atoms with van der Waals surface area (Å²) in [6.45, 7) is 4.85. The van der Waals surface area contributed by atoms with Crippen LogP contribution in [0.2, 0.25) is 0 Å². The van der Waals surface area contributed by atoms with Gasteiger partial charge in [0, 0.05) is 20.1 Å². The maximum atomic E-state index is 13.8. The van der Waals surface area contributed by atoms with Crippen molar-refractivity contribution in [2.75, 3.05) is 26.9 Å². The second-order valence-electron chi connectivity index (χ2n) is 6.75. The summed E-state index contributed by atoms with van der Waals surface area (Å²) in [6, 6.07) is 4.47. The smallest absolute Gasteiger partial charge is 0.318 e. The van der Waals surface area contributed by atoms with Crippen molar-refractivity contribution < 1.29 is 33.2 Å². The highest BCUT2D eigenvalue weighted by molar-refractivity contribution is 5.78. The van der Waals surface area contributed by atoms with Crippen molar-refractivity contribution in [3.8, 4) is 5.75 Å². The lowest BCUT2D eigenvalue weighted by atomic mass is 9.96. The zero-order valence-electron chi connectivity index (χ0n) is 15.9. The lowest BCUT2D eigenvalue weighted by Gasteiger charge is -2.13. The number of carbonyl (C=O) groups is 1. The van der Waals surface area contributed by atoms with Gasteiger partial charge in [-0.1, -0.05) is 19.9 Å². The first-order valence-corrected chi connectivity index (χ1v) is 9.01. The summed E-state index contributed by atoms with van der Waals surface area (Å²) >= 11 is 0. The Morgan fingerprint density at radius 1 is 1.30 bits per heavy atom. The van der Waals surface area contributed by atoms with E-state index in [1.54, 1.807) is 25.3 Å². The molecule has 0 radical (unpaired) electrons. The number of rotatable bonds is 11. The highest BCUT2D eigenvalue weighted by Gasteiger charge is 2.32. The second-order valence-corrected chi connectivity index (χ2v) is 6.75. The maximum absolute atomic E-state index is 13.8. The molecular weight excluding hydrogens is 355 g/mol. The summed E-state index contributed by atoms with van der Waals surface area (Å²) in [7, 11) is 1.60. The number of halogens is 1. The lowest BCUT2D eigenvalue weighted by molar-refractivity contribution is -0.142. The Kier molecular flexibility index (Phi) is 8.22. The van der Waals surface area contributed by atoms with Gasteiger partial charge in [-0.05, 0) is 29.7 Å². The quantitative estimate of drug-likeness (QED) is 0.469. The first kappa shape index (κ1) is 21.3. The van der Waals surface area contributed by atoms with Crippen molar-refractivity contribution in [1.29, 1.82) is 0 Å². The normalized spacial score (nSPS) is 17.8. The van der Waals surface area contributed by atoms with Crippen LogP contribution in [0.5, 0.6) is 5.75 Å². The van der Waals surface area contributed by atoms with E-state index in [1.807, 2.05) is 13.8 Å². The largest absolute Gasteiger partial charge is 0.490 e. The predicted molar refractivity (Wildman–Crippen MR) is 96.6 cm³/mol. The van der Waals surface area contributed by atoms with Gasteiger partial charge in [-0.3, -0.25) is 4.79 Å². The van der Waals surface area contributed by atoms with Crippen molar-refractivity contribution in [1.82, 2.24) is 0 Å². The number of ether oxygens (including phenoxy) is 4. The molecule has 2 atom stereocenters. The van der Waals surface area contributed by atoms with Crippen molar-refractivity contribution in [2.24, 2.45) is 11.8 Å². The van der Waals surface area contributed by atoms with Gasteiger partial charge >= 0.3 is 5.97 Å². The second kappa shape index (κ2) is 10.4. The third kappa shape index (κ3) is 6.30. The number of aliphatic hydroxyl groups is 1. The van der Waals surface area contributed by atoms with Crippen LogP contribution >= 0.6 is 0 Å². The number of methoxy groups -OCH3 is 1. The topological polar surface area (TPSA) is 74.2 Å². The zero-order chi connectivity index (χ0) is 19.8. The molecule has 0 aromatic heterocycles. The average molecular weight is 382 g/mol. The predicted octanol–water partition coefficient (Wildman–Crippen LogP) is 2.83. The molecule has 1 aromatic rings. The molecule has 0 fully saturated rings. The van der Waals surface area contributed by atoms with Crippen LogP contribution in [0.15, 0.2) is 30.0 Å². The minimum Gasteiger partial charge on any atom is -0.490 e. The fraction of sp³-hybridized carbons (Fsp3) is 0.550. The monoisotopic (exact) mass is 382 g/mol. The Morgan fingerprint density at radius 3 is 2.74 bits per heavy atom. The molecule has 150 valence electrons. The fourth-order valence-electron chi connectivity index (χ4n) is 2.61. The van der Waals surface area contributed by atoms with Crippen molar-refractivity contribution >= 4 is 5.97 Å². The van der Waals surface area contributed by atoms with Gasteiger partial charge in [0.15, 0.2) is 11.6 Å². The molecule has 27 heavy (non-hydrogen) atoms. The van der Waals surface area contributed by atoms with Gasteiger partial charge in [-0.15, -0.1) is 0 Å². The summed E-state index contributed by atoms with van der Waals surface area (Å²) in [5.74, 6) is -0.666. The van der Waals surface area contributed by atoms with E-state index in [1.165, 1.54) is 6.07 Å². The molecule has 0 amide bonds. The first-order chi connectivity index (χ1) is 12.9. The van der Waals surface area contributed by atoms with Crippen molar-refractivity contribution in [3.63, 3.8) is 0 Å². The number of aliphatic hydroxyl groups excluding tert-OH is 1. The third-order valence-electron chi connectivity index (χ3n) is 4.17. The molecule has 0 saturated heterocycles. The standard InChI is InChI=1S/C20H27FO6/c1-13(2)15-10-19(27-20(15)23)17(22)12-25-11-14-5-6-16(21)18(9-14)26-8-4-7-24-3/h5-6,9-10,13,15,17,22H,4,7-8,11-12H2,1-3H3. The molecular formula is C20H27FO6. The molecule has 0 spiro atoms. The van der Waals surface area contributed by atoms with Crippen molar-refractivity contribution in [2.45, 2.75) is 33.0 Å². The van der Waals surface area contributed by atoms with Gasteiger partial charge in [0.1, 0.15) is 11.9 Å². The highest BCUT2D eigenvalue weighted by atomic mass is 19.1. The van der Waals surface area contributed by atoms with Crippen LogP contribution in [0.4, 0.5) is 4.39 Å². The van der Waals surface area contributed by atoms with E-state index in [-0.39, 0.29) is 42.5 Å². The Labute approximate surface area is 158 Å². The molecule has 0 aliphatic carbocycles. The highest BCUT2D eigenvalue weighted by Crippen LogP contribution is 2.26. The lowest BCUT2D eigenvalue weighted by Crippen LogP contribution is -2.19. The van der Waals surface area contributed by atoms with Crippen LogP contribution < -0.4 is 4.74 Å². The van der Waals surface area contributed by atoms with Gasteiger partial charge in [0.25, 0.3) is 0 Å². The molecule has 2 rings (SSSR count). The minimum absolute atomic E-state index is 0.0364. The molecule has 0 saturated carbocycles. The Bertz CT molecular complexity index is 658. The van der Waals surface area contributed by atoms with E-state index in [9.17, 15) is 14.3 Å². The van der Waals surface area contributed by atoms with Crippen LogP contribution in [-0.2, 0) is 25.6 Å². The molecule has 6 nitrogen and oxygen atoms in total. The Hall–Kier alpha value is -1.96. The number of hydrogen-bond donors (Lipinski definition) is 1. The number of benzene rings is 1. The van der Waals surface area contributed by atoms with E-state index in [2.05, 4.69) is 0 Å². The summed E-state index contributed by atoms with van der Waals surface area (Å²) in [5.41, 5.74) is 0.711. The molecule has 1 N–H and O–H groups in total. The number of carbonyl (C=O) groups excluding carboxylic acids is 1. The number of esters is 1. The maximum Gasteiger partial charge on any atom is 0.318 e. The first-order valence-electron chi connectivity index (χ1n) is 9.01. The van der Waals surface area contributed by atoms with E-state index in [4.69, 9.17) is 18.9 Å². The van der Waals surface area contributed by atoms with E-state index >= 15 is 0 Å². The Morgan fingerprint density at radius 2 is 2.07 bits per heavy atom. The SMILES string of the molecule is COCCCOc1cc(COCC(O)C2=CC(C(C)C)C(=O)O2)ccc1F. The third-order valence-corrected chi connectivity index (χ3v) is 4.17. The van der Waals surface area contributed by atoms with Crippen LogP contribution in [-0.4, -0.2) is 44.1 Å². The van der Waals surface area contributed by atoms with E-state index < -0.39 is 11.9 Å². The Balaban J connectivity index is 1.82. The number of hydrogen-bond acceptors (Lipinski definition) is 6. The molecule has 0 bridgehead atoms. The molecule has 1 aromatic carbocycles. The van der Waals surface area contributed by atoms with Gasteiger partial charge < -0.3 is 24.1 Å². The van der Waals surface area contributed by atoms with Crippen LogP contribution in [0.1, 0.15) is 25.8 Å². The van der Waals surface area contributed by atoms with Gasteiger partial charge in [-0.2, -0.15) is 0 Å². The summed E-state index contributed by atoms with van der Waals surface area (Å²) in [5, 5.41) is 10.1.